The Morgan fingerprint density at radius 2 is 1.91 bits per heavy atom. The van der Waals surface area contributed by atoms with Gasteiger partial charge in [0.05, 0.1) is 0 Å². The van der Waals surface area contributed by atoms with Gasteiger partial charge in [-0.15, -0.1) is 0 Å². The zero-order valence-corrected chi connectivity index (χ0v) is 19.8. The largest absolute Gasteiger partial charge is 0.454 e. The number of hydrogen-bond acceptors (Lipinski definition) is 4. The molecule has 0 fully saturated rings. The monoisotopic (exact) mass is 478 g/mol. The number of halogens is 2. The quantitative estimate of drug-likeness (QED) is 0.488. The third-order valence-corrected chi connectivity index (χ3v) is 6.00. The lowest BCUT2D eigenvalue weighted by Crippen LogP contribution is -2.47. The maximum atomic E-state index is 13.2. The van der Waals surface area contributed by atoms with Gasteiger partial charge in [0.25, 0.3) is 0 Å². The first kappa shape index (κ1) is 24.2. The SMILES string of the molecule is CCCCNC(=O)[C@H](C)N(Cc1ccc(Cl)cc1Cl)C(=O)CCc1ccc2c(c1)OCO2. The van der Waals surface area contributed by atoms with Crippen LogP contribution >= 0.6 is 23.2 Å². The molecule has 0 unspecified atom stereocenters. The molecule has 0 aromatic heterocycles. The van der Waals surface area contributed by atoms with Crippen molar-refractivity contribution in [3.8, 4) is 11.5 Å². The molecular weight excluding hydrogens is 451 g/mol. The summed E-state index contributed by atoms with van der Waals surface area (Å²) in [5, 5.41) is 3.89. The first-order chi connectivity index (χ1) is 15.4. The van der Waals surface area contributed by atoms with E-state index in [0.29, 0.717) is 34.5 Å². The summed E-state index contributed by atoms with van der Waals surface area (Å²) in [6, 6.07) is 10.2. The third-order valence-electron chi connectivity index (χ3n) is 5.42. The van der Waals surface area contributed by atoms with Gasteiger partial charge >= 0.3 is 0 Å². The molecular formula is C24H28Cl2N2O4. The molecule has 0 spiro atoms. The maximum absolute atomic E-state index is 13.2. The Bertz CT molecular complexity index is 967. The molecule has 0 saturated carbocycles. The van der Waals surface area contributed by atoms with Crippen LogP contribution in [0.15, 0.2) is 36.4 Å². The third kappa shape index (κ3) is 6.30. The number of carbonyl (C=O) groups excluding carboxylic acids is 2. The fraction of sp³-hybridized carbons (Fsp3) is 0.417. The van der Waals surface area contributed by atoms with E-state index in [1.165, 1.54) is 0 Å². The van der Waals surface area contributed by atoms with Crippen LogP contribution in [0.2, 0.25) is 10.0 Å². The van der Waals surface area contributed by atoms with Gasteiger partial charge in [-0.3, -0.25) is 9.59 Å². The van der Waals surface area contributed by atoms with Crippen LogP contribution in [0.3, 0.4) is 0 Å². The van der Waals surface area contributed by atoms with Crippen LogP contribution < -0.4 is 14.8 Å². The van der Waals surface area contributed by atoms with E-state index < -0.39 is 6.04 Å². The molecule has 32 heavy (non-hydrogen) atoms. The highest BCUT2D eigenvalue weighted by Crippen LogP contribution is 2.33. The minimum Gasteiger partial charge on any atom is -0.454 e. The highest BCUT2D eigenvalue weighted by Gasteiger charge is 2.26. The van der Waals surface area contributed by atoms with Crippen LogP contribution in [-0.2, 0) is 22.6 Å². The first-order valence-corrected chi connectivity index (χ1v) is 11.5. The van der Waals surface area contributed by atoms with E-state index in [9.17, 15) is 9.59 Å². The molecule has 3 rings (SSSR count). The molecule has 1 atom stereocenters. The number of benzene rings is 2. The van der Waals surface area contributed by atoms with Gasteiger partial charge < -0.3 is 19.7 Å². The molecule has 1 aliphatic rings. The Morgan fingerprint density at radius 1 is 1.12 bits per heavy atom. The van der Waals surface area contributed by atoms with Crippen molar-refractivity contribution in [2.45, 2.75) is 52.1 Å². The second kappa shape index (κ2) is 11.4. The van der Waals surface area contributed by atoms with E-state index in [1.54, 1.807) is 30.0 Å². The number of unbranched alkanes of at least 4 members (excludes halogenated alkanes) is 1. The molecule has 0 aliphatic carbocycles. The smallest absolute Gasteiger partial charge is 0.242 e. The van der Waals surface area contributed by atoms with Gasteiger partial charge in [0, 0.05) is 29.6 Å². The number of rotatable bonds is 10. The maximum Gasteiger partial charge on any atom is 0.242 e. The Morgan fingerprint density at radius 3 is 2.66 bits per heavy atom. The zero-order valence-electron chi connectivity index (χ0n) is 18.3. The van der Waals surface area contributed by atoms with Crippen LogP contribution in [-0.4, -0.2) is 36.1 Å². The number of fused-ring (bicyclic) bond motifs is 1. The summed E-state index contributed by atoms with van der Waals surface area (Å²) >= 11 is 12.4. The van der Waals surface area contributed by atoms with Gasteiger partial charge in [0.15, 0.2) is 11.5 Å². The molecule has 1 aliphatic heterocycles. The Hall–Kier alpha value is -2.44. The van der Waals surface area contributed by atoms with Crippen molar-refractivity contribution in [2.24, 2.45) is 0 Å². The standard InChI is InChI=1S/C24H28Cl2N2O4/c1-3-4-11-27-24(30)16(2)28(14-18-7-8-19(25)13-20(18)26)23(29)10-6-17-5-9-21-22(12-17)32-15-31-21/h5,7-9,12-13,16H,3-4,6,10-11,14-15H2,1-2H3,(H,27,30)/t16-/m0/s1. The second-order valence-electron chi connectivity index (χ2n) is 7.77. The fourth-order valence-corrected chi connectivity index (χ4v) is 3.91. The number of amides is 2. The summed E-state index contributed by atoms with van der Waals surface area (Å²) in [7, 11) is 0. The van der Waals surface area contributed by atoms with Gasteiger partial charge in [0.2, 0.25) is 18.6 Å². The molecule has 2 aromatic carbocycles. The van der Waals surface area contributed by atoms with Crippen molar-refractivity contribution < 1.29 is 19.1 Å². The molecule has 0 saturated heterocycles. The van der Waals surface area contributed by atoms with Crippen LogP contribution in [0.25, 0.3) is 0 Å². The van der Waals surface area contributed by atoms with Crippen LogP contribution in [0.5, 0.6) is 11.5 Å². The predicted molar refractivity (Wildman–Crippen MR) is 125 cm³/mol. The van der Waals surface area contributed by atoms with E-state index in [2.05, 4.69) is 12.2 Å². The lowest BCUT2D eigenvalue weighted by molar-refractivity contribution is -0.140. The normalized spacial score (nSPS) is 13.0. The van der Waals surface area contributed by atoms with Gasteiger partial charge in [-0.25, -0.2) is 0 Å². The molecule has 0 bridgehead atoms. The number of nitrogens with zero attached hydrogens (tertiary/aromatic N) is 1. The summed E-state index contributed by atoms with van der Waals surface area (Å²) in [4.78, 5) is 27.5. The average molecular weight is 479 g/mol. The minimum absolute atomic E-state index is 0.133. The summed E-state index contributed by atoms with van der Waals surface area (Å²) in [5.74, 6) is 1.08. The van der Waals surface area contributed by atoms with Crippen molar-refractivity contribution in [2.75, 3.05) is 13.3 Å². The summed E-state index contributed by atoms with van der Waals surface area (Å²) in [6.07, 6.45) is 2.63. The molecule has 1 N–H and O–H groups in total. The Kier molecular flexibility index (Phi) is 8.65. The van der Waals surface area contributed by atoms with Crippen molar-refractivity contribution in [1.82, 2.24) is 10.2 Å². The zero-order chi connectivity index (χ0) is 23.1. The van der Waals surface area contributed by atoms with E-state index in [1.807, 2.05) is 18.2 Å². The summed E-state index contributed by atoms with van der Waals surface area (Å²) in [6.45, 7) is 4.81. The lowest BCUT2D eigenvalue weighted by Gasteiger charge is -2.29. The molecule has 2 aromatic rings. The summed E-state index contributed by atoms with van der Waals surface area (Å²) < 4.78 is 10.8. The Balaban J connectivity index is 1.72. The molecule has 1 heterocycles. The van der Waals surface area contributed by atoms with Crippen LogP contribution in [0, 0.1) is 0 Å². The predicted octanol–water partition coefficient (Wildman–Crippen LogP) is 4.99. The number of ether oxygens (including phenoxy) is 2. The minimum atomic E-state index is -0.636. The first-order valence-electron chi connectivity index (χ1n) is 10.8. The summed E-state index contributed by atoms with van der Waals surface area (Å²) in [5.41, 5.74) is 1.70. The van der Waals surface area contributed by atoms with Gasteiger partial charge in [0.1, 0.15) is 6.04 Å². The van der Waals surface area contributed by atoms with Crippen molar-refractivity contribution in [3.05, 3.63) is 57.6 Å². The average Bonchev–Trinajstić information content (AvgIpc) is 3.24. The van der Waals surface area contributed by atoms with E-state index in [0.717, 1.165) is 24.0 Å². The van der Waals surface area contributed by atoms with E-state index in [-0.39, 0.29) is 31.6 Å². The number of hydrogen-bond donors (Lipinski definition) is 1. The molecule has 2 amide bonds. The van der Waals surface area contributed by atoms with Gasteiger partial charge in [-0.2, -0.15) is 0 Å². The van der Waals surface area contributed by atoms with E-state index in [4.69, 9.17) is 32.7 Å². The van der Waals surface area contributed by atoms with Crippen LogP contribution in [0.1, 0.15) is 44.2 Å². The molecule has 8 heteroatoms. The topological polar surface area (TPSA) is 67.9 Å². The highest BCUT2D eigenvalue weighted by molar-refractivity contribution is 6.35. The molecule has 0 radical (unpaired) electrons. The Labute approximate surface area is 198 Å². The lowest BCUT2D eigenvalue weighted by atomic mass is 10.1. The number of carbonyl (C=O) groups is 2. The van der Waals surface area contributed by atoms with Crippen LogP contribution in [0.4, 0.5) is 0 Å². The van der Waals surface area contributed by atoms with Gasteiger partial charge in [-0.1, -0.05) is 48.7 Å². The number of aryl methyl sites for hydroxylation is 1. The van der Waals surface area contributed by atoms with E-state index >= 15 is 0 Å². The van der Waals surface area contributed by atoms with Gasteiger partial charge in [-0.05, 0) is 55.2 Å². The highest BCUT2D eigenvalue weighted by atomic mass is 35.5. The van der Waals surface area contributed by atoms with Crippen molar-refractivity contribution >= 4 is 35.0 Å². The van der Waals surface area contributed by atoms with Crippen molar-refractivity contribution in [1.29, 1.82) is 0 Å². The van der Waals surface area contributed by atoms with Crippen molar-refractivity contribution in [3.63, 3.8) is 0 Å². The fourth-order valence-electron chi connectivity index (χ4n) is 3.44. The second-order valence-corrected chi connectivity index (χ2v) is 8.61. The molecule has 6 nitrogen and oxygen atoms in total. The number of nitrogens with one attached hydrogen (secondary N) is 1. The molecule has 172 valence electrons.